The monoisotopic (exact) mass is 253 g/mol. The summed E-state index contributed by atoms with van der Waals surface area (Å²) in [6.45, 7) is 0.702. The van der Waals surface area contributed by atoms with E-state index in [2.05, 4.69) is 4.90 Å². The maximum absolute atomic E-state index is 11.0. The smallest absolute Gasteiger partial charge is 0.308 e. The predicted molar refractivity (Wildman–Crippen MR) is 67.1 cm³/mol. The van der Waals surface area contributed by atoms with Crippen molar-refractivity contribution >= 4 is 17.6 Å². The zero-order valence-electron chi connectivity index (χ0n) is 9.77. The molecule has 1 aliphatic carbocycles. The Morgan fingerprint density at radius 3 is 2.71 bits per heavy atom. The van der Waals surface area contributed by atoms with Gasteiger partial charge in [-0.1, -0.05) is 29.8 Å². The highest BCUT2D eigenvalue weighted by atomic mass is 35.5. The van der Waals surface area contributed by atoms with Crippen LogP contribution in [0.5, 0.6) is 0 Å². The van der Waals surface area contributed by atoms with Crippen molar-refractivity contribution in [3.63, 3.8) is 0 Å². The lowest BCUT2D eigenvalue weighted by atomic mass is 9.78. The lowest BCUT2D eigenvalue weighted by Crippen LogP contribution is -2.48. The molecule has 2 rings (SSSR count). The molecule has 0 spiro atoms. The van der Waals surface area contributed by atoms with Crippen LogP contribution in [0.3, 0.4) is 0 Å². The fraction of sp³-hybridized carbons (Fsp3) is 0.462. The van der Waals surface area contributed by atoms with Gasteiger partial charge >= 0.3 is 5.97 Å². The van der Waals surface area contributed by atoms with Crippen molar-refractivity contribution in [1.29, 1.82) is 0 Å². The molecule has 0 radical (unpaired) electrons. The second kappa shape index (κ2) is 5.07. The van der Waals surface area contributed by atoms with Crippen molar-refractivity contribution in [1.82, 2.24) is 4.90 Å². The summed E-state index contributed by atoms with van der Waals surface area (Å²) >= 11 is 6.09. The van der Waals surface area contributed by atoms with Crippen molar-refractivity contribution in [2.45, 2.75) is 25.4 Å². The molecule has 0 amide bonds. The molecule has 0 bridgehead atoms. The Labute approximate surface area is 106 Å². The summed E-state index contributed by atoms with van der Waals surface area (Å²) in [5.74, 6) is -0.908. The number of carbonyl (C=O) groups is 1. The third-order valence-electron chi connectivity index (χ3n) is 3.50. The first kappa shape index (κ1) is 12.4. The van der Waals surface area contributed by atoms with Crippen molar-refractivity contribution in [2.75, 3.05) is 7.05 Å². The summed E-state index contributed by atoms with van der Waals surface area (Å²) in [7, 11) is 1.96. The van der Waals surface area contributed by atoms with E-state index in [4.69, 9.17) is 16.7 Å². The van der Waals surface area contributed by atoms with Gasteiger partial charge in [-0.15, -0.1) is 0 Å². The lowest BCUT2D eigenvalue weighted by Gasteiger charge is -2.40. The number of hydrogen-bond donors (Lipinski definition) is 1. The number of halogens is 1. The van der Waals surface area contributed by atoms with Gasteiger partial charge < -0.3 is 5.11 Å². The molecule has 2 unspecified atom stereocenters. The van der Waals surface area contributed by atoms with Crippen LogP contribution in [-0.4, -0.2) is 29.1 Å². The van der Waals surface area contributed by atoms with Crippen LogP contribution in [0.2, 0.25) is 5.02 Å². The minimum absolute atomic E-state index is 0.142. The van der Waals surface area contributed by atoms with Gasteiger partial charge in [0.15, 0.2) is 0 Å². The quantitative estimate of drug-likeness (QED) is 0.897. The number of carboxylic acids is 1. The fourth-order valence-electron chi connectivity index (χ4n) is 2.31. The number of rotatable bonds is 4. The second-order valence-corrected chi connectivity index (χ2v) is 5.00. The van der Waals surface area contributed by atoms with Crippen molar-refractivity contribution in [3.8, 4) is 0 Å². The normalized spacial score (nSPS) is 23.5. The molecule has 1 saturated carbocycles. The van der Waals surface area contributed by atoms with Crippen molar-refractivity contribution in [3.05, 3.63) is 34.9 Å². The Bertz CT molecular complexity index is 422. The number of nitrogens with zero attached hydrogens (tertiary/aromatic N) is 1. The lowest BCUT2D eigenvalue weighted by molar-refractivity contribution is -0.148. The van der Waals surface area contributed by atoms with Crippen LogP contribution in [0.15, 0.2) is 24.3 Å². The highest BCUT2D eigenvalue weighted by Gasteiger charge is 2.38. The van der Waals surface area contributed by atoms with E-state index < -0.39 is 5.97 Å². The highest BCUT2D eigenvalue weighted by Crippen LogP contribution is 2.32. The molecule has 0 aliphatic heterocycles. The van der Waals surface area contributed by atoms with Crippen molar-refractivity contribution < 1.29 is 9.90 Å². The average molecular weight is 254 g/mol. The van der Waals surface area contributed by atoms with Crippen LogP contribution in [0, 0.1) is 5.92 Å². The minimum atomic E-state index is -0.688. The van der Waals surface area contributed by atoms with E-state index in [9.17, 15) is 4.79 Å². The Hall–Kier alpha value is -1.06. The molecule has 0 aromatic heterocycles. The van der Waals surface area contributed by atoms with Crippen LogP contribution in [-0.2, 0) is 11.3 Å². The molecule has 92 valence electrons. The molecule has 1 N–H and O–H groups in total. The van der Waals surface area contributed by atoms with Crippen LogP contribution in [0.1, 0.15) is 18.4 Å². The fourth-order valence-corrected chi connectivity index (χ4v) is 2.51. The molecule has 4 heteroatoms. The zero-order valence-corrected chi connectivity index (χ0v) is 10.5. The van der Waals surface area contributed by atoms with Crippen LogP contribution in [0.25, 0.3) is 0 Å². The van der Waals surface area contributed by atoms with Gasteiger partial charge in [-0.25, -0.2) is 0 Å². The van der Waals surface area contributed by atoms with Gasteiger partial charge in [-0.2, -0.15) is 0 Å². The van der Waals surface area contributed by atoms with Gasteiger partial charge in [-0.3, -0.25) is 9.69 Å². The molecule has 0 saturated heterocycles. The molecule has 3 nitrogen and oxygen atoms in total. The van der Waals surface area contributed by atoms with Crippen molar-refractivity contribution in [2.24, 2.45) is 5.92 Å². The topological polar surface area (TPSA) is 40.5 Å². The molecule has 1 aromatic rings. The first-order chi connectivity index (χ1) is 8.09. The molecule has 1 aliphatic rings. The van der Waals surface area contributed by atoms with Crippen LogP contribution in [0.4, 0.5) is 0 Å². The van der Waals surface area contributed by atoms with E-state index in [1.54, 1.807) is 0 Å². The SMILES string of the molecule is CN(Cc1ccccc1Cl)C1CCC1C(=O)O. The third kappa shape index (κ3) is 2.61. The number of carboxylic acid groups (broad SMARTS) is 1. The van der Waals surface area contributed by atoms with E-state index in [1.165, 1.54) is 0 Å². The molecular weight excluding hydrogens is 238 g/mol. The molecule has 1 aromatic carbocycles. The summed E-state index contributed by atoms with van der Waals surface area (Å²) in [5, 5.41) is 9.76. The van der Waals surface area contributed by atoms with E-state index >= 15 is 0 Å². The van der Waals surface area contributed by atoms with E-state index in [0.717, 1.165) is 23.4 Å². The Kier molecular flexibility index (Phi) is 3.69. The zero-order chi connectivity index (χ0) is 12.4. The highest BCUT2D eigenvalue weighted by molar-refractivity contribution is 6.31. The number of benzene rings is 1. The minimum Gasteiger partial charge on any atom is -0.481 e. The first-order valence-electron chi connectivity index (χ1n) is 5.76. The second-order valence-electron chi connectivity index (χ2n) is 4.60. The molecular formula is C13H16ClNO2. The van der Waals surface area contributed by atoms with E-state index in [1.807, 2.05) is 31.3 Å². The van der Waals surface area contributed by atoms with Gasteiger partial charge in [0, 0.05) is 17.6 Å². The van der Waals surface area contributed by atoms with E-state index in [0.29, 0.717) is 6.54 Å². The third-order valence-corrected chi connectivity index (χ3v) is 3.87. The summed E-state index contributed by atoms with van der Waals surface area (Å²) in [4.78, 5) is 13.0. The Morgan fingerprint density at radius 1 is 1.47 bits per heavy atom. The van der Waals surface area contributed by atoms with Crippen LogP contribution < -0.4 is 0 Å². The number of hydrogen-bond acceptors (Lipinski definition) is 2. The number of aliphatic carboxylic acids is 1. The molecule has 0 heterocycles. The summed E-state index contributed by atoms with van der Waals surface area (Å²) in [6.07, 6.45) is 1.74. The molecule has 1 fully saturated rings. The first-order valence-corrected chi connectivity index (χ1v) is 6.14. The maximum atomic E-state index is 11.0. The van der Waals surface area contributed by atoms with Gasteiger partial charge in [0.05, 0.1) is 5.92 Å². The van der Waals surface area contributed by atoms with Crippen LogP contribution >= 0.6 is 11.6 Å². The standard InChI is InChI=1S/C13H16ClNO2/c1-15(12-7-6-10(12)13(16)17)8-9-4-2-3-5-11(9)14/h2-5,10,12H,6-8H2,1H3,(H,16,17). The summed E-state index contributed by atoms with van der Waals surface area (Å²) in [5.41, 5.74) is 1.05. The molecule has 17 heavy (non-hydrogen) atoms. The predicted octanol–water partition coefficient (Wildman–Crippen LogP) is 2.63. The molecule has 2 atom stereocenters. The van der Waals surface area contributed by atoms with E-state index in [-0.39, 0.29) is 12.0 Å². The summed E-state index contributed by atoms with van der Waals surface area (Å²) < 4.78 is 0. The Balaban J connectivity index is 2.00. The largest absolute Gasteiger partial charge is 0.481 e. The summed E-state index contributed by atoms with van der Waals surface area (Å²) in [6, 6.07) is 7.83. The van der Waals surface area contributed by atoms with Gasteiger partial charge in [0.25, 0.3) is 0 Å². The maximum Gasteiger partial charge on any atom is 0.308 e. The van der Waals surface area contributed by atoms with Gasteiger partial charge in [0.2, 0.25) is 0 Å². The van der Waals surface area contributed by atoms with Gasteiger partial charge in [0.1, 0.15) is 0 Å². The average Bonchev–Trinajstić information content (AvgIpc) is 2.18. The van der Waals surface area contributed by atoms with Gasteiger partial charge in [-0.05, 0) is 31.5 Å². The Morgan fingerprint density at radius 2 is 2.18 bits per heavy atom.